The van der Waals surface area contributed by atoms with Gasteiger partial charge in [-0.15, -0.1) is 0 Å². The van der Waals surface area contributed by atoms with E-state index in [1.807, 2.05) is 31.2 Å². The molecular weight excluding hydrogens is 398 g/mol. The number of aromatic amines is 1. The lowest BCUT2D eigenvalue weighted by Gasteiger charge is -2.15. The van der Waals surface area contributed by atoms with E-state index in [0.29, 0.717) is 17.2 Å². The monoisotopic (exact) mass is 415 g/mol. The van der Waals surface area contributed by atoms with Gasteiger partial charge in [-0.05, 0) is 43.2 Å². The minimum absolute atomic E-state index is 0.105. The zero-order chi connectivity index (χ0) is 18.7. The Bertz CT molecular complexity index is 1050. The summed E-state index contributed by atoms with van der Waals surface area (Å²) in [5.41, 5.74) is 0.309. The highest BCUT2D eigenvalue weighted by Gasteiger charge is 2.12. The third-order valence-corrected chi connectivity index (χ3v) is 4.58. The van der Waals surface area contributed by atoms with Gasteiger partial charge >= 0.3 is 0 Å². The van der Waals surface area contributed by atoms with Gasteiger partial charge in [0.25, 0.3) is 11.1 Å². The predicted molar refractivity (Wildman–Crippen MR) is 104 cm³/mol. The van der Waals surface area contributed by atoms with Crippen molar-refractivity contribution >= 4 is 32.6 Å². The molecule has 0 spiro atoms. The van der Waals surface area contributed by atoms with E-state index in [-0.39, 0.29) is 18.5 Å². The van der Waals surface area contributed by atoms with E-state index in [4.69, 9.17) is 0 Å². The Morgan fingerprint density at radius 1 is 1.12 bits per heavy atom. The standard InChI is InChI=1S/C19H18BrN3O3/c1-12(10-13-6-8-14(20)9-7-13)21-17(24)11-23-19(26)16-5-3-2-4-15(16)18(25)22-23/h2-9,12H,10-11H2,1H3,(H,21,24)(H,22,25)/t12-/m0/s1. The van der Waals surface area contributed by atoms with Gasteiger partial charge in [0.2, 0.25) is 5.91 Å². The molecule has 0 unspecified atom stereocenters. The maximum atomic E-state index is 12.4. The second-order valence-electron chi connectivity index (χ2n) is 6.18. The van der Waals surface area contributed by atoms with Crippen LogP contribution in [0.2, 0.25) is 0 Å². The average Bonchev–Trinajstić information content (AvgIpc) is 2.61. The van der Waals surface area contributed by atoms with Crippen LogP contribution in [0.1, 0.15) is 12.5 Å². The summed E-state index contributed by atoms with van der Waals surface area (Å²) in [5.74, 6) is -0.331. The SMILES string of the molecule is C[C@@H](Cc1ccc(Br)cc1)NC(=O)Cn1[nH]c(=O)c2ccccc2c1=O. The maximum Gasteiger partial charge on any atom is 0.273 e. The van der Waals surface area contributed by atoms with Crippen LogP contribution in [0.5, 0.6) is 0 Å². The van der Waals surface area contributed by atoms with Crippen molar-refractivity contribution in [2.24, 2.45) is 0 Å². The topological polar surface area (TPSA) is 84.0 Å². The first-order valence-electron chi connectivity index (χ1n) is 8.19. The van der Waals surface area contributed by atoms with Crippen molar-refractivity contribution in [3.8, 4) is 0 Å². The van der Waals surface area contributed by atoms with Crippen LogP contribution in [-0.2, 0) is 17.8 Å². The lowest BCUT2D eigenvalue weighted by atomic mass is 10.1. The second-order valence-corrected chi connectivity index (χ2v) is 7.09. The molecule has 26 heavy (non-hydrogen) atoms. The number of rotatable bonds is 5. The highest BCUT2D eigenvalue weighted by molar-refractivity contribution is 9.10. The molecule has 0 aliphatic rings. The molecule has 7 heteroatoms. The first-order valence-corrected chi connectivity index (χ1v) is 8.99. The molecule has 2 N–H and O–H groups in total. The Balaban J connectivity index is 1.71. The third kappa shape index (κ3) is 4.11. The van der Waals surface area contributed by atoms with Crippen molar-refractivity contribution in [2.45, 2.75) is 25.9 Å². The fourth-order valence-corrected chi connectivity index (χ4v) is 3.11. The number of halogens is 1. The van der Waals surface area contributed by atoms with Gasteiger partial charge in [0.05, 0.1) is 10.8 Å². The molecule has 0 saturated heterocycles. The number of H-pyrrole nitrogens is 1. The number of hydrogen-bond donors (Lipinski definition) is 2. The fraction of sp³-hybridized carbons (Fsp3) is 0.211. The van der Waals surface area contributed by atoms with E-state index in [0.717, 1.165) is 14.7 Å². The van der Waals surface area contributed by atoms with E-state index in [1.54, 1.807) is 24.3 Å². The highest BCUT2D eigenvalue weighted by Crippen LogP contribution is 2.11. The predicted octanol–water partition coefficient (Wildman–Crippen LogP) is 2.20. The summed E-state index contributed by atoms with van der Waals surface area (Å²) in [6.07, 6.45) is 0.669. The number of nitrogens with zero attached hydrogens (tertiary/aromatic N) is 1. The first-order chi connectivity index (χ1) is 12.4. The summed E-state index contributed by atoms with van der Waals surface area (Å²) in [5, 5.41) is 5.93. The van der Waals surface area contributed by atoms with Crippen molar-refractivity contribution in [2.75, 3.05) is 0 Å². The minimum atomic E-state index is -0.393. The van der Waals surface area contributed by atoms with Gasteiger partial charge in [-0.3, -0.25) is 19.5 Å². The van der Waals surface area contributed by atoms with Gasteiger partial charge < -0.3 is 5.32 Å². The number of carbonyl (C=O) groups is 1. The lowest BCUT2D eigenvalue weighted by Crippen LogP contribution is -2.40. The molecule has 134 valence electrons. The summed E-state index contributed by atoms with van der Waals surface area (Å²) in [6.45, 7) is 1.66. The van der Waals surface area contributed by atoms with Crippen molar-refractivity contribution in [3.63, 3.8) is 0 Å². The number of aromatic nitrogens is 2. The molecule has 0 fully saturated rings. The van der Waals surface area contributed by atoms with Crippen LogP contribution in [0.25, 0.3) is 10.8 Å². The summed E-state index contributed by atoms with van der Waals surface area (Å²) < 4.78 is 2.05. The molecule has 1 heterocycles. The second kappa shape index (κ2) is 7.70. The minimum Gasteiger partial charge on any atom is -0.352 e. The zero-order valence-corrected chi connectivity index (χ0v) is 15.7. The number of fused-ring (bicyclic) bond motifs is 1. The number of benzene rings is 2. The van der Waals surface area contributed by atoms with Gasteiger partial charge in [0.15, 0.2) is 0 Å². The van der Waals surface area contributed by atoms with Crippen LogP contribution >= 0.6 is 15.9 Å². The van der Waals surface area contributed by atoms with Crippen LogP contribution in [0.3, 0.4) is 0 Å². The number of carbonyl (C=O) groups excluding carboxylic acids is 1. The molecule has 0 bridgehead atoms. The smallest absolute Gasteiger partial charge is 0.273 e. The molecule has 3 aromatic rings. The van der Waals surface area contributed by atoms with E-state index >= 15 is 0 Å². The molecule has 0 saturated carbocycles. The van der Waals surface area contributed by atoms with Crippen LogP contribution < -0.4 is 16.4 Å². The van der Waals surface area contributed by atoms with E-state index < -0.39 is 11.1 Å². The summed E-state index contributed by atoms with van der Waals surface area (Å²) in [6, 6.07) is 14.3. The molecule has 0 aliphatic carbocycles. The summed E-state index contributed by atoms with van der Waals surface area (Å²) in [4.78, 5) is 36.8. The van der Waals surface area contributed by atoms with Gasteiger partial charge in [0.1, 0.15) is 6.54 Å². The van der Waals surface area contributed by atoms with Gasteiger partial charge in [-0.1, -0.05) is 40.2 Å². The largest absolute Gasteiger partial charge is 0.352 e. The van der Waals surface area contributed by atoms with Crippen LogP contribution in [-0.4, -0.2) is 21.7 Å². The Morgan fingerprint density at radius 3 is 2.46 bits per heavy atom. The first kappa shape index (κ1) is 18.1. The van der Waals surface area contributed by atoms with Crippen molar-refractivity contribution in [3.05, 3.63) is 79.3 Å². The van der Waals surface area contributed by atoms with Crippen LogP contribution in [0, 0.1) is 0 Å². The third-order valence-electron chi connectivity index (χ3n) is 4.05. The molecule has 2 aromatic carbocycles. The van der Waals surface area contributed by atoms with E-state index in [2.05, 4.69) is 26.3 Å². The highest BCUT2D eigenvalue weighted by atomic mass is 79.9. The van der Waals surface area contributed by atoms with Gasteiger partial charge in [0, 0.05) is 10.5 Å². The number of amides is 1. The molecule has 1 amide bonds. The molecule has 0 radical (unpaired) electrons. The Morgan fingerprint density at radius 2 is 1.77 bits per heavy atom. The van der Waals surface area contributed by atoms with Crippen LogP contribution in [0.4, 0.5) is 0 Å². The van der Waals surface area contributed by atoms with Crippen LogP contribution in [0.15, 0.2) is 62.6 Å². The maximum absolute atomic E-state index is 12.4. The van der Waals surface area contributed by atoms with E-state index in [9.17, 15) is 14.4 Å². The van der Waals surface area contributed by atoms with Gasteiger partial charge in [-0.2, -0.15) is 0 Å². The molecular formula is C19H18BrN3O3. The lowest BCUT2D eigenvalue weighted by molar-refractivity contribution is -0.122. The Labute approximate surface area is 158 Å². The average molecular weight is 416 g/mol. The Kier molecular flexibility index (Phi) is 5.37. The van der Waals surface area contributed by atoms with Crippen molar-refractivity contribution < 1.29 is 4.79 Å². The number of hydrogen-bond acceptors (Lipinski definition) is 3. The fourth-order valence-electron chi connectivity index (χ4n) is 2.85. The molecule has 6 nitrogen and oxygen atoms in total. The molecule has 1 atom stereocenters. The van der Waals surface area contributed by atoms with Gasteiger partial charge in [-0.25, -0.2) is 4.68 Å². The van der Waals surface area contributed by atoms with E-state index in [1.165, 1.54) is 0 Å². The Hall–Kier alpha value is -2.67. The normalized spacial score (nSPS) is 12.1. The zero-order valence-electron chi connectivity index (χ0n) is 14.2. The quantitative estimate of drug-likeness (QED) is 0.669. The molecule has 0 aliphatic heterocycles. The molecule has 1 aromatic heterocycles. The number of nitrogens with one attached hydrogen (secondary N) is 2. The van der Waals surface area contributed by atoms with Crippen molar-refractivity contribution in [1.29, 1.82) is 0 Å². The molecule has 3 rings (SSSR count). The summed E-state index contributed by atoms with van der Waals surface area (Å²) >= 11 is 3.39. The van der Waals surface area contributed by atoms with Crippen molar-refractivity contribution in [1.82, 2.24) is 15.1 Å². The summed E-state index contributed by atoms with van der Waals surface area (Å²) in [7, 11) is 0.